The number of esters is 1. The normalized spacial score (nSPS) is 17.3. The van der Waals surface area contributed by atoms with Gasteiger partial charge in [-0.05, 0) is 24.1 Å². The first-order valence-corrected chi connectivity index (χ1v) is 8.87. The first-order valence-electron chi connectivity index (χ1n) is 8.87. The number of ether oxygens (including phenoxy) is 1. The Kier molecular flexibility index (Phi) is 7.00. The van der Waals surface area contributed by atoms with E-state index >= 15 is 0 Å². The maximum atomic E-state index is 12.1. The molecule has 26 heavy (non-hydrogen) atoms. The second-order valence-corrected chi connectivity index (χ2v) is 6.68. The average molecular weight is 360 g/mol. The highest BCUT2D eigenvalue weighted by Gasteiger charge is 2.27. The summed E-state index contributed by atoms with van der Waals surface area (Å²) in [6.45, 7) is 5.92. The number of rotatable bonds is 5. The van der Waals surface area contributed by atoms with Crippen molar-refractivity contribution in [3.63, 3.8) is 0 Å². The van der Waals surface area contributed by atoms with E-state index in [0.29, 0.717) is 24.6 Å². The Morgan fingerprint density at radius 2 is 2.00 bits per heavy atom. The molecule has 1 amide bonds. The summed E-state index contributed by atoms with van der Waals surface area (Å²) < 4.78 is 4.69. The number of hydrogen-bond donors (Lipinski definition) is 2. The zero-order valence-corrected chi connectivity index (χ0v) is 15.9. The monoisotopic (exact) mass is 360 g/mol. The Morgan fingerprint density at radius 3 is 2.58 bits per heavy atom. The molecule has 1 aromatic carbocycles. The van der Waals surface area contributed by atoms with E-state index in [-0.39, 0.29) is 23.8 Å². The number of methoxy groups -OCH3 is 1. The molecule has 0 radical (unpaired) electrons. The third kappa shape index (κ3) is 5.21. The maximum Gasteiger partial charge on any atom is 0.337 e. The summed E-state index contributed by atoms with van der Waals surface area (Å²) in [5, 5.41) is 6.63. The first-order chi connectivity index (χ1) is 12.4. The van der Waals surface area contributed by atoms with Crippen molar-refractivity contribution in [1.82, 2.24) is 15.5 Å². The van der Waals surface area contributed by atoms with Crippen LogP contribution in [-0.2, 0) is 16.1 Å². The highest BCUT2D eigenvalue weighted by Crippen LogP contribution is 2.12. The molecule has 0 spiro atoms. The number of nitrogens with one attached hydrogen (secondary N) is 2. The maximum absolute atomic E-state index is 12.1. The molecular formula is C19H28N4O3. The molecule has 1 fully saturated rings. The highest BCUT2D eigenvalue weighted by molar-refractivity contribution is 5.89. The van der Waals surface area contributed by atoms with Gasteiger partial charge in [0.2, 0.25) is 5.91 Å². The molecule has 1 aromatic rings. The minimum Gasteiger partial charge on any atom is -0.465 e. The topological polar surface area (TPSA) is 83.0 Å². The number of hydrogen-bond acceptors (Lipinski definition) is 4. The van der Waals surface area contributed by atoms with Gasteiger partial charge in [-0.25, -0.2) is 4.79 Å². The number of likely N-dealkylation sites (tertiary alicyclic amines) is 1. The third-order valence-corrected chi connectivity index (χ3v) is 4.39. The molecule has 2 rings (SSSR count). The van der Waals surface area contributed by atoms with Crippen LogP contribution in [0.1, 0.15) is 36.2 Å². The quantitative estimate of drug-likeness (QED) is 0.471. The molecule has 1 unspecified atom stereocenters. The van der Waals surface area contributed by atoms with Crippen LogP contribution in [0.5, 0.6) is 0 Å². The zero-order valence-electron chi connectivity index (χ0n) is 15.9. The van der Waals surface area contributed by atoms with Gasteiger partial charge in [-0.3, -0.25) is 9.79 Å². The molecule has 0 aromatic heterocycles. The van der Waals surface area contributed by atoms with Crippen LogP contribution < -0.4 is 10.6 Å². The Morgan fingerprint density at radius 1 is 1.31 bits per heavy atom. The second kappa shape index (κ2) is 9.22. The number of carbonyl (C=O) groups is 2. The summed E-state index contributed by atoms with van der Waals surface area (Å²) in [7, 11) is 3.09. The summed E-state index contributed by atoms with van der Waals surface area (Å²) in [5.41, 5.74) is 1.56. The van der Waals surface area contributed by atoms with Crippen LogP contribution in [-0.4, -0.2) is 56.0 Å². The average Bonchev–Trinajstić information content (AvgIpc) is 3.12. The summed E-state index contributed by atoms with van der Waals surface area (Å²) in [6.07, 6.45) is 0.910. The van der Waals surface area contributed by atoms with Crippen molar-refractivity contribution in [3.8, 4) is 0 Å². The molecule has 1 aliphatic heterocycles. The summed E-state index contributed by atoms with van der Waals surface area (Å²) >= 11 is 0. The molecule has 1 atom stereocenters. The van der Waals surface area contributed by atoms with Crippen LogP contribution in [0.2, 0.25) is 0 Å². The Bertz CT molecular complexity index is 655. The Hall–Kier alpha value is -2.57. The number of nitrogens with zero attached hydrogens (tertiary/aromatic N) is 2. The van der Waals surface area contributed by atoms with Gasteiger partial charge in [0.1, 0.15) is 0 Å². The first kappa shape index (κ1) is 19.8. The number of amides is 1. The van der Waals surface area contributed by atoms with E-state index < -0.39 is 0 Å². The van der Waals surface area contributed by atoms with Gasteiger partial charge >= 0.3 is 5.97 Å². The Balaban J connectivity index is 1.83. The van der Waals surface area contributed by atoms with Gasteiger partial charge in [-0.15, -0.1) is 0 Å². The van der Waals surface area contributed by atoms with Crippen molar-refractivity contribution < 1.29 is 14.3 Å². The van der Waals surface area contributed by atoms with Crippen molar-refractivity contribution in [3.05, 3.63) is 35.4 Å². The minimum absolute atomic E-state index is 0.0270. The summed E-state index contributed by atoms with van der Waals surface area (Å²) in [5.74, 6) is 0.580. The molecule has 7 heteroatoms. The molecule has 7 nitrogen and oxygen atoms in total. The van der Waals surface area contributed by atoms with Gasteiger partial charge in [-0.1, -0.05) is 26.0 Å². The van der Waals surface area contributed by atoms with E-state index in [9.17, 15) is 9.59 Å². The fraction of sp³-hybridized carbons (Fsp3) is 0.526. The lowest BCUT2D eigenvalue weighted by molar-refractivity contribution is -0.133. The van der Waals surface area contributed by atoms with Crippen LogP contribution in [0.3, 0.4) is 0 Å². The van der Waals surface area contributed by atoms with Crippen LogP contribution >= 0.6 is 0 Å². The molecule has 0 saturated carbocycles. The minimum atomic E-state index is -0.344. The lowest BCUT2D eigenvalue weighted by Gasteiger charge is -2.20. The van der Waals surface area contributed by atoms with E-state index in [4.69, 9.17) is 4.74 Å². The van der Waals surface area contributed by atoms with Gasteiger partial charge in [0.15, 0.2) is 5.96 Å². The van der Waals surface area contributed by atoms with Crippen LogP contribution in [0.25, 0.3) is 0 Å². The van der Waals surface area contributed by atoms with Crippen molar-refractivity contribution in [2.24, 2.45) is 10.9 Å². The third-order valence-electron chi connectivity index (χ3n) is 4.39. The largest absolute Gasteiger partial charge is 0.465 e. The molecule has 0 aliphatic carbocycles. The van der Waals surface area contributed by atoms with Crippen molar-refractivity contribution >= 4 is 17.8 Å². The summed E-state index contributed by atoms with van der Waals surface area (Å²) in [6, 6.07) is 7.44. The fourth-order valence-corrected chi connectivity index (χ4v) is 2.89. The summed E-state index contributed by atoms with van der Waals surface area (Å²) in [4.78, 5) is 29.7. The van der Waals surface area contributed by atoms with Gasteiger partial charge in [0.05, 0.1) is 12.7 Å². The predicted octanol–water partition coefficient (Wildman–Crippen LogP) is 1.40. The predicted molar refractivity (Wildman–Crippen MR) is 101 cm³/mol. The van der Waals surface area contributed by atoms with Gasteiger partial charge in [0, 0.05) is 38.6 Å². The standard InChI is InChI=1S/C19H28N4O3/c1-13(2)17(24)23-10-9-16(12-23)22-19(20-3)21-11-14-5-7-15(8-6-14)18(25)26-4/h5-8,13,16H,9-12H2,1-4H3,(H2,20,21,22). The molecule has 0 bridgehead atoms. The zero-order chi connectivity index (χ0) is 19.1. The number of aliphatic imine (C=N–C) groups is 1. The lowest BCUT2D eigenvalue weighted by Crippen LogP contribution is -2.45. The second-order valence-electron chi connectivity index (χ2n) is 6.68. The van der Waals surface area contributed by atoms with E-state index in [1.165, 1.54) is 7.11 Å². The van der Waals surface area contributed by atoms with Gasteiger partial charge in [0.25, 0.3) is 0 Å². The van der Waals surface area contributed by atoms with Gasteiger partial charge < -0.3 is 20.3 Å². The SMILES string of the molecule is CN=C(NCc1ccc(C(=O)OC)cc1)NC1CCN(C(=O)C(C)C)C1. The van der Waals surface area contributed by atoms with Crippen molar-refractivity contribution in [1.29, 1.82) is 0 Å². The molecule has 1 heterocycles. The molecule has 142 valence electrons. The van der Waals surface area contributed by atoms with Gasteiger partial charge in [-0.2, -0.15) is 0 Å². The van der Waals surface area contributed by atoms with Crippen LogP contribution in [0, 0.1) is 5.92 Å². The smallest absolute Gasteiger partial charge is 0.337 e. The van der Waals surface area contributed by atoms with E-state index in [2.05, 4.69) is 15.6 Å². The van der Waals surface area contributed by atoms with Crippen molar-refractivity contribution in [2.75, 3.05) is 27.2 Å². The molecule has 1 aliphatic rings. The fourth-order valence-electron chi connectivity index (χ4n) is 2.89. The molecule has 1 saturated heterocycles. The highest BCUT2D eigenvalue weighted by atomic mass is 16.5. The lowest BCUT2D eigenvalue weighted by atomic mass is 10.1. The van der Waals surface area contributed by atoms with Crippen molar-refractivity contribution in [2.45, 2.75) is 32.9 Å². The molecular weight excluding hydrogens is 332 g/mol. The number of guanidine groups is 1. The molecule has 2 N–H and O–H groups in total. The van der Waals surface area contributed by atoms with Crippen LogP contribution in [0.15, 0.2) is 29.3 Å². The van der Waals surface area contributed by atoms with Crippen LogP contribution in [0.4, 0.5) is 0 Å². The van der Waals surface area contributed by atoms with E-state index in [0.717, 1.165) is 18.5 Å². The van der Waals surface area contributed by atoms with E-state index in [1.54, 1.807) is 19.2 Å². The Labute approximate surface area is 154 Å². The number of benzene rings is 1. The van der Waals surface area contributed by atoms with E-state index in [1.807, 2.05) is 30.9 Å². The number of carbonyl (C=O) groups excluding carboxylic acids is 2.